The lowest BCUT2D eigenvalue weighted by Gasteiger charge is -2.05. The summed E-state index contributed by atoms with van der Waals surface area (Å²) in [4.78, 5) is 11.1. The van der Waals surface area contributed by atoms with E-state index in [1.54, 1.807) is 12.1 Å². The van der Waals surface area contributed by atoms with Gasteiger partial charge in [0.1, 0.15) is 5.82 Å². The van der Waals surface area contributed by atoms with E-state index in [4.69, 9.17) is 0 Å². The Bertz CT molecular complexity index is 357. The standard InChI is InChI=1S/C10H10Br2FNO/c11-4-3-10(15)14-6-7-5-8(12)1-2-9(7)13/h1-2,5H,3-4,6H2,(H,14,15). The van der Waals surface area contributed by atoms with Gasteiger partial charge in [-0.15, -0.1) is 0 Å². The third-order valence-corrected chi connectivity index (χ3v) is 2.70. The van der Waals surface area contributed by atoms with Crippen molar-refractivity contribution in [3.8, 4) is 0 Å². The van der Waals surface area contributed by atoms with E-state index in [2.05, 4.69) is 37.2 Å². The first-order valence-corrected chi connectivity index (χ1v) is 6.31. The zero-order valence-corrected chi connectivity index (χ0v) is 11.1. The van der Waals surface area contributed by atoms with E-state index in [0.717, 1.165) is 4.47 Å². The van der Waals surface area contributed by atoms with Gasteiger partial charge in [0.05, 0.1) is 0 Å². The smallest absolute Gasteiger partial charge is 0.221 e. The zero-order valence-electron chi connectivity index (χ0n) is 7.90. The molecule has 1 N–H and O–H groups in total. The maximum absolute atomic E-state index is 13.2. The number of hydrogen-bond donors (Lipinski definition) is 1. The molecule has 0 fully saturated rings. The lowest BCUT2D eigenvalue weighted by Crippen LogP contribution is -2.23. The molecule has 2 nitrogen and oxygen atoms in total. The summed E-state index contributed by atoms with van der Waals surface area (Å²) in [5, 5.41) is 3.25. The quantitative estimate of drug-likeness (QED) is 0.840. The van der Waals surface area contributed by atoms with Gasteiger partial charge in [-0.25, -0.2) is 4.39 Å². The topological polar surface area (TPSA) is 29.1 Å². The Labute approximate surface area is 105 Å². The number of amides is 1. The predicted octanol–water partition coefficient (Wildman–Crippen LogP) is 2.99. The third-order valence-electron chi connectivity index (χ3n) is 1.81. The molecule has 0 aromatic heterocycles. The van der Waals surface area contributed by atoms with Crippen LogP contribution in [0.1, 0.15) is 12.0 Å². The molecule has 1 aromatic rings. The maximum Gasteiger partial charge on any atom is 0.221 e. The molecule has 15 heavy (non-hydrogen) atoms. The average molecular weight is 339 g/mol. The van der Waals surface area contributed by atoms with Gasteiger partial charge in [0.2, 0.25) is 5.91 Å². The van der Waals surface area contributed by atoms with Crippen LogP contribution in [0.3, 0.4) is 0 Å². The van der Waals surface area contributed by atoms with Gasteiger partial charge in [-0.2, -0.15) is 0 Å². The van der Waals surface area contributed by atoms with E-state index in [0.29, 0.717) is 17.3 Å². The van der Waals surface area contributed by atoms with Gasteiger partial charge >= 0.3 is 0 Å². The van der Waals surface area contributed by atoms with Crippen molar-refractivity contribution in [3.05, 3.63) is 34.1 Å². The minimum absolute atomic E-state index is 0.0914. The lowest BCUT2D eigenvalue weighted by atomic mass is 10.2. The number of nitrogens with one attached hydrogen (secondary N) is 1. The molecule has 0 unspecified atom stereocenters. The predicted molar refractivity (Wildman–Crippen MR) is 64.4 cm³/mol. The summed E-state index contributed by atoms with van der Waals surface area (Å²) in [7, 11) is 0. The second-order valence-corrected chi connectivity index (χ2v) is 4.66. The largest absolute Gasteiger partial charge is 0.352 e. The fourth-order valence-corrected chi connectivity index (χ4v) is 1.82. The van der Waals surface area contributed by atoms with Crippen molar-refractivity contribution in [1.29, 1.82) is 0 Å². The van der Waals surface area contributed by atoms with E-state index in [1.807, 2.05) is 0 Å². The molecule has 0 saturated carbocycles. The van der Waals surface area contributed by atoms with Crippen molar-refractivity contribution in [1.82, 2.24) is 5.32 Å². The van der Waals surface area contributed by atoms with E-state index in [9.17, 15) is 9.18 Å². The van der Waals surface area contributed by atoms with E-state index in [1.165, 1.54) is 6.07 Å². The Kier molecular flexibility index (Phi) is 5.25. The molecular formula is C10H10Br2FNO. The van der Waals surface area contributed by atoms with Crippen LogP contribution in [0.15, 0.2) is 22.7 Å². The number of benzene rings is 1. The number of rotatable bonds is 4. The normalized spacial score (nSPS) is 10.1. The number of carbonyl (C=O) groups excluding carboxylic acids is 1. The van der Waals surface area contributed by atoms with Gasteiger partial charge in [0.25, 0.3) is 0 Å². The summed E-state index contributed by atoms with van der Waals surface area (Å²) in [6, 6.07) is 4.65. The maximum atomic E-state index is 13.2. The Morgan fingerprint density at radius 2 is 2.20 bits per heavy atom. The van der Waals surface area contributed by atoms with Crippen LogP contribution >= 0.6 is 31.9 Å². The SMILES string of the molecule is O=C(CCBr)NCc1cc(Br)ccc1F. The Morgan fingerprint density at radius 1 is 1.47 bits per heavy atom. The first kappa shape index (κ1) is 12.6. The van der Waals surface area contributed by atoms with Gasteiger partial charge in [-0.1, -0.05) is 31.9 Å². The minimum Gasteiger partial charge on any atom is -0.352 e. The highest BCUT2D eigenvalue weighted by Gasteiger charge is 2.04. The molecule has 0 radical (unpaired) electrons. The first-order chi connectivity index (χ1) is 7.13. The molecule has 1 rings (SSSR count). The molecule has 0 saturated heterocycles. The van der Waals surface area contributed by atoms with Gasteiger partial charge in [0, 0.05) is 28.3 Å². The minimum atomic E-state index is -0.308. The summed E-state index contributed by atoms with van der Waals surface area (Å²) < 4.78 is 14.0. The summed E-state index contributed by atoms with van der Waals surface area (Å²) in [6.45, 7) is 0.219. The highest BCUT2D eigenvalue weighted by Crippen LogP contribution is 2.15. The van der Waals surface area contributed by atoms with E-state index < -0.39 is 0 Å². The van der Waals surface area contributed by atoms with Crippen LogP contribution in [0, 0.1) is 5.82 Å². The molecule has 0 bridgehead atoms. The average Bonchev–Trinajstić information content (AvgIpc) is 2.20. The summed E-state index contributed by atoms with van der Waals surface area (Å²) in [5.74, 6) is -0.399. The summed E-state index contributed by atoms with van der Waals surface area (Å²) in [5.41, 5.74) is 0.479. The summed E-state index contributed by atoms with van der Waals surface area (Å²) in [6.07, 6.45) is 0.398. The van der Waals surface area contributed by atoms with Crippen LogP contribution in [-0.4, -0.2) is 11.2 Å². The van der Waals surface area contributed by atoms with Crippen molar-refractivity contribution in [3.63, 3.8) is 0 Å². The van der Waals surface area contributed by atoms with Gasteiger partial charge < -0.3 is 5.32 Å². The Balaban J connectivity index is 2.57. The van der Waals surface area contributed by atoms with Crippen LogP contribution in [-0.2, 0) is 11.3 Å². The Morgan fingerprint density at radius 3 is 2.87 bits per heavy atom. The fraction of sp³-hybridized carbons (Fsp3) is 0.300. The van der Waals surface area contributed by atoms with Crippen LogP contribution in [0.2, 0.25) is 0 Å². The first-order valence-electron chi connectivity index (χ1n) is 4.40. The van der Waals surface area contributed by atoms with Crippen molar-refractivity contribution in [2.24, 2.45) is 0 Å². The summed E-state index contributed by atoms with van der Waals surface area (Å²) >= 11 is 6.41. The molecular weight excluding hydrogens is 329 g/mol. The van der Waals surface area contributed by atoms with Gasteiger partial charge in [-0.3, -0.25) is 4.79 Å². The fourth-order valence-electron chi connectivity index (χ4n) is 1.05. The van der Waals surface area contributed by atoms with Crippen molar-refractivity contribution in [2.75, 3.05) is 5.33 Å². The van der Waals surface area contributed by atoms with Crippen LogP contribution in [0.5, 0.6) is 0 Å². The monoisotopic (exact) mass is 337 g/mol. The highest BCUT2D eigenvalue weighted by atomic mass is 79.9. The van der Waals surface area contributed by atoms with Crippen molar-refractivity contribution in [2.45, 2.75) is 13.0 Å². The van der Waals surface area contributed by atoms with Crippen LogP contribution in [0.25, 0.3) is 0 Å². The molecule has 0 atom stereocenters. The molecule has 1 aromatic carbocycles. The van der Waals surface area contributed by atoms with Gasteiger partial charge in [-0.05, 0) is 18.2 Å². The highest BCUT2D eigenvalue weighted by molar-refractivity contribution is 9.10. The number of carbonyl (C=O) groups is 1. The molecule has 0 aliphatic rings. The van der Waals surface area contributed by atoms with E-state index >= 15 is 0 Å². The van der Waals surface area contributed by atoms with Crippen LogP contribution < -0.4 is 5.32 Å². The molecule has 5 heteroatoms. The second kappa shape index (κ2) is 6.23. The number of hydrogen-bond acceptors (Lipinski definition) is 1. The zero-order chi connectivity index (χ0) is 11.3. The molecule has 0 aliphatic carbocycles. The second-order valence-electron chi connectivity index (χ2n) is 2.95. The molecule has 82 valence electrons. The third kappa shape index (κ3) is 4.30. The molecule has 1 amide bonds. The van der Waals surface area contributed by atoms with E-state index in [-0.39, 0.29) is 18.3 Å². The molecule has 0 aliphatic heterocycles. The lowest BCUT2D eigenvalue weighted by molar-refractivity contribution is -0.120. The Hall–Kier alpha value is -0.420. The van der Waals surface area contributed by atoms with Crippen molar-refractivity contribution < 1.29 is 9.18 Å². The number of halogens is 3. The molecule has 0 spiro atoms. The van der Waals surface area contributed by atoms with Gasteiger partial charge in [0.15, 0.2) is 0 Å². The number of alkyl halides is 1. The van der Waals surface area contributed by atoms with Crippen molar-refractivity contribution >= 4 is 37.8 Å². The molecule has 0 heterocycles. The van der Waals surface area contributed by atoms with Crippen LogP contribution in [0.4, 0.5) is 4.39 Å².